The van der Waals surface area contributed by atoms with Gasteiger partial charge >= 0.3 is 0 Å². The van der Waals surface area contributed by atoms with Gasteiger partial charge in [0, 0.05) is 7.05 Å². The van der Waals surface area contributed by atoms with E-state index >= 15 is 0 Å². The summed E-state index contributed by atoms with van der Waals surface area (Å²) in [4.78, 5) is 2.06. The minimum absolute atomic E-state index is 0.185. The van der Waals surface area contributed by atoms with Crippen molar-refractivity contribution in [1.29, 1.82) is 0 Å². The van der Waals surface area contributed by atoms with Gasteiger partial charge < -0.3 is 10.0 Å². The first-order valence-corrected chi connectivity index (χ1v) is 5.88. The van der Waals surface area contributed by atoms with Crippen molar-refractivity contribution in [3.63, 3.8) is 0 Å². The monoisotopic (exact) mass is 221 g/mol. The summed E-state index contributed by atoms with van der Waals surface area (Å²) in [5.41, 5.74) is 1.10. The van der Waals surface area contributed by atoms with Gasteiger partial charge in [-0.2, -0.15) is 5.10 Å². The van der Waals surface area contributed by atoms with Gasteiger partial charge in [0.15, 0.2) is 5.82 Å². The van der Waals surface area contributed by atoms with Crippen LogP contribution in [0.2, 0.25) is 0 Å². The minimum atomic E-state index is -0.235. The van der Waals surface area contributed by atoms with Gasteiger partial charge in [-0.15, -0.1) is 5.10 Å². The third-order valence-corrected chi connectivity index (χ3v) is 3.33. The lowest BCUT2D eigenvalue weighted by atomic mass is 9.91. The van der Waals surface area contributed by atoms with Crippen LogP contribution in [0.4, 0.5) is 5.82 Å². The normalized spacial score (nSPS) is 25.4. The number of likely N-dealkylation sites (N-methyl/N-ethyl adjacent to an activating group) is 1. The van der Waals surface area contributed by atoms with Gasteiger partial charge in [-0.25, -0.2) is 0 Å². The number of aromatic nitrogens is 2. The molecule has 1 fully saturated rings. The van der Waals surface area contributed by atoms with Gasteiger partial charge in [0.25, 0.3) is 0 Å². The second-order valence-corrected chi connectivity index (χ2v) is 4.62. The molecule has 1 aromatic heterocycles. The number of aryl methyl sites for hydroxylation is 1. The number of anilines is 1. The third-order valence-electron chi connectivity index (χ3n) is 3.33. The van der Waals surface area contributed by atoms with E-state index in [-0.39, 0.29) is 12.1 Å². The molecule has 0 amide bonds. The van der Waals surface area contributed by atoms with Crippen LogP contribution in [-0.4, -0.2) is 34.5 Å². The lowest BCUT2D eigenvalue weighted by molar-refractivity contribution is 0.106. The number of rotatable bonds is 2. The molecule has 16 heavy (non-hydrogen) atoms. The molecule has 2 unspecified atom stereocenters. The van der Waals surface area contributed by atoms with E-state index in [1.165, 1.54) is 6.42 Å². The van der Waals surface area contributed by atoms with Crippen molar-refractivity contribution in [2.45, 2.75) is 44.8 Å². The van der Waals surface area contributed by atoms with E-state index in [9.17, 15) is 5.11 Å². The maximum absolute atomic E-state index is 9.98. The molecular weight excluding hydrogens is 202 g/mol. The highest BCUT2D eigenvalue weighted by Crippen LogP contribution is 2.25. The molecule has 1 N–H and O–H groups in total. The molecule has 0 aromatic carbocycles. The van der Waals surface area contributed by atoms with Crippen molar-refractivity contribution in [2.24, 2.45) is 0 Å². The first-order valence-electron chi connectivity index (χ1n) is 5.88. The van der Waals surface area contributed by atoms with Crippen LogP contribution < -0.4 is 4.90 Å². The molecular formula is C12H19N3O. The highest BCUT2D eigenvalue weighted by atomic mass is 16.3. The fourth-order valence-electron chi connectivity index (χ4n) is 2.33. The summed E-state index contributed by atoms with van der Waals surface area (Å²) in [7, 11) is 1.99. The molecule has 1 saturated carbocycles. The van der Waals surface area contributed by atoms with Crippen molar-refractivity contribution in [2.75, 3.05) is 11.9 Å². The molecule has 1 aliphatic carbocycles. The van der Waals surface area contributed by atoms with Crippen molar-refractivity contribution in [1.82, 2.24) is 10.2 Å². The topological polar surface area (TPSA) is 49.2 Å². The van der Waals surface area contributed by atoms with Crippen LogP contribution in [0.1, 0.15) is 31.2 Å². The Kier molecular flexibility index (Phi) is 3.39. The largest absolute Gasteiger partial charge is 0.391 e. The van der Waals surface area contributed by atoms with Crippen LogP contribution in [0.5, 0.6) is 0 Å². The van der Waals surface area contributed by atoms with Crippen molar-refractivity contribution < 1.29 is 5.11 Å². The maximum Gasteiger partial charge on any atom is 0.151 e. The Balaban J connectivity index is 2.14. The smallest absolute Gasteiger partial charge is 0.151 e. The second kappa shape index (κ2) is 4.78. The number of hydrogen-bond donors (Lipinski definition) is 1. The van der Waals surface area contributed by atoms with E-state index in [0.717, 1.165) is 30.6 Å². The predicted molar refractivity (Wildman–Crippen MR) is 63.4 cm³/mol. The quantitative estimate of drug-likeness (QED) is 0.822. The summed E-state index contributed by atoms with van der Waals surface area (Å²) in [5.74, 6) is 0.853. The van der Waals surface area contributed by atoms with Gasteiger partial charge in [-0.3, -0.25) is 0 Å². The van der Waals surface area contributed by atoms with Crippen molar-refractivity contribution in [3.8, 4) is 0 Å². The molecule has 0 bridgehead atoms. The van der Waals surface area contributed by atoms with Crippen LogP contribution >= 0.6 is 0 Å². The zero-order chi connectivity index (χ0) is 11.5. The molecule has 4 heteroatoms. The number of aliphatic hydroxyl groups excluding tert-OH is 1. The van der Waals surface area contributed by atoms with Crippen LogP contribution in [0.15, 0.2) is 12.3 Å². The average molecular weight is 221 g/mol. The summed E-state index contributed by atoms with van der Waals surface area (Å²) in [6.07, 6.45) is 5.76. The highest BCUT2D eigenvalue weighted by Gasteiger charge is 2.27. The predicted octanol–water partition coefficient (Wildman–Crippen LogP) is 1.52. The standard InChI is InChI=1S/C12H19N3O/c1-9-7-12(14-13-8-9)15(2)10-5-3-4-6-11(10)16/h7-8,10-11,16H,3-6H2,1-2H3. The Bertz CT molecular complexity index is 356. The molecule has 0 radical (unpaired) electrons. The Hall–Kier alpha value is -1.16. The molecule has 0 aliphatic heterocycles. The Labute approximate surface area is 96.3 Å². The number of hydrogen-bond acceptors (Lipinski definition) is 4. The number of aliphatic hydroxyl groups is 1. The van der Waals surface area contributed by atoms with E-state index in [0.29, 0.717) is 0 Å². The fraction of sp³-hybridized carbons (Fsp3) is 0.667. The van der Waals surface area contributed by atoms with Gasteiger partial charge in [0.1, 0.15) is 0 Å². The Morgan fingerprint density at radius 2 is 2.12 bits per heavy atom. The van der Waals surface area contributed by atoms with E-state index in [1.807, 2.05) is 20.0 Å². The zero-order valence-electron chi connectivity index (χ0n) is 9.93. The molecule has 88 valence electrons. The molecule has 1 heterocycles. The van der Waals surface area contributed by atoms with Gasteiger partial charge in [-0.05, 0) is 31.4 Å². The van der Waals surface area contributed by atoms with Crippen molar-refractivity contribution >= 4 is 5.82 Å². The summed E-state index contributed by atoms with van der Waals surface area (Å²) < 4.78 is 0. The van der Waals surface area contributed by atoms with Crippen LogP contribution in [-0.2, 0) is 0 Å². The van der Waals surface area contributed by atoms with E-state index in [1.54, 1.807) is 6.20 Å². The lowest BCUT2D eigenvalue weighted by Gasteiger charge is -2.35. The molecule has 2 atom stereocenters. The summed E-state index contributed by atoms with van der Waals surface area (Å²) in [6.45, 7) is 2.00. The molecule has 0 spiro atoms. The van der Waals surface area contributed by atoms with Gasteiger partial charge in [0.2, 0.25) is 0 Å². The minimum Gasteiger partial charge on any atom is -0.391 e. The van der Waals surface area contributed by atoms with Gasteiger partial charge in [-0.1, -0.05) is 12.8 Å². The second-order valence-electron chi connectivity index (χ2n) is 4.62. The Morgan fingerprint density at radius 3 is 2.81 bits per heavy atom. The lowest BCUT2D eigenvalue weighted by Crippen LogP contribution is -2.43. The number of nitrogens with zero attached hydrogens (tertiary/aromatic N) is 3. The first kappa shape index (κ1) is 11.3. The molecule has 1 aliphatic rings. The van der Waals surface area contributed by atoms with E-state index in [2.05, 4.69) is 15.1 Å². The first-order chi connectivity index (χ1) is 7.68. The molecule has 4 nitrogen and oxygen atoms in total. The fourth-order valence-corrected chi connectivity index (χ4v) is 2.33. The Morgan fingerprint density at radius 1 is 1.38 bits per heavy atom. The van der Waals surface area contributed by atoms with Crippen LogP contribution in [0.25, 0.3) is 0 Å². The molecule has 1 aromatic rings. The maximum atomic E-state index is 9.98. The van der Waals surface area contributed by atoms with E-state index in [4.69, 9.17) is 0 Å². The molecule has 0 saturated heterocycles. The summed E-state index contributed by atoms with van der Waals surface area (Å²) >= 11 is 0. The van der Waals surface area contributed by atoms with Crippen LogP contribution in [0.3, 0.4) is 0 Å². The highest BCUT2D eigenvalue weighted by molar-refractivity contribution is 5.39. The van der Waals surface area contributed by atoms with Crippen LogP contribution in [0, 0.1) is 6.92 Å². The van der Waals surface area contributed by atoms with Crippen molar-refractivity contribution in [3.05, 3.63) is 17.8 Å². The van der Waals surface area contributed by atoms with E-state index < -0.39 is 0 Å². The van der Waals surface area contributed by atoms with Gasteiger partial charge in [0.05, 0.1) is 18.3 Å². The summed E-state index contributed by atoms with van der Waals surface area (Å²) in [6, 6.07) is 2.19. The zero-order valence-corrected chi connectivity index (χ0v) is 9.93. The summed E-state index contributed by atoms with van der Waals surface area (Å²) in [5, 5.41) is 18.0. The molecule has 2 rings (SSSR count). The SMILES string of the molecule is Cc1cnnc(N(C)C2CCCCC2O)c1. The third kappa shape index (κ3) is 2.32. The average Bonchev–Trinajstić information content (AvgIpc) is 2.29.